The molecule has 186 valence electrons. The molecule has 0 amide bonds. The minimum Gasteiger partial charge on any atom is -0.493 e. The zero-order valence-corrected chi connectivity index (χ0v) is 20.1. The molecule has 5 rings (SSSR count). The van der Waals surface area contributed by atoms with Crippen molar-refractivity contribution in [3.63, 3.8) is 0 Å². The summed E-state index contributed by atoms with van der Waals surface area (Å²) in [7, 11) is 3.18. The second-order valence-corrected chi connectivity index (χ2v) is 8.67. The summed E-state index contributed by atoms with van der Waals surface area (Å²) < 4.78 is 12.9. The van der Waals surface area contributed by atoms with Crippen LogP contribution in [0.15, 0.2) is 47.4 Å². The van der Waals surface area contributed by atoms with Crippen LogP contribution in [0.1, 0.15) is 12.8 Å². The normalized spacial score (nSPS) is 13.8. The Labute approximate surface area is 206 Å². The lowest BCUT2D eigenvalue weighted by Gasteiger charge is -2.17. The molecule has 4 aromatic rings. The first-order chi connectivity index (χ1) is 17.4. The number of aryl methyl sites for hydroxylation is 1. The zero-order valence-electron chi connectivity index (χ0n) is 20.1. The van der Waals surface area contributed by atoms with Crippen molar-refractivity contribution in [2.45, 2.75) is 12.8 Å². The minimum absolute atomic E-state index is 0.152. The number of anilines is 2. The van der Waals surface area contributed by atoms with Crippen LogP contribution in [0.2, 0.25) is 0 Å². The van der Waals surface area contributed by atoms with Crippen molar-refractivity contribution < 1.29 is 14.4 Å². The van der Waals surface area contributed by atoms with Crippen LogP contribution in [-0.2, 0) is 7.05 Å². The van der Waals surface area contributed by atoms with Crippen molar-refractivity contribution in [1.82, 2.24) is 19.4 Å². The number of aromatic nitrogens is 3. The predicted molar refractivity (Wildman–Crippen MR) is 136 cm³/mol. The van der Waals surface area contributed by atoms with E-state index in [0.29, 0.717) is 46.2 Å². The third-order valence-electron chi connectivity index (χ3n) is 6.42. The molecule has 1 N–H and O–H groups in total. The van der Waals surface area contributed by atoms with Gasteiger partial charge in [-0.1, -0.05) is 0 Å². The summed E-state index contributed by atoms with van der Waals surface area (Å²) in [6.07, 6.45) is 4.04. The average Bonchev–Trinajstić information content (AvgIpc) is 3.41. The molecule has 2 aromatic carbocycles. The number of fused-ring (bicyclic) bond motifs is 3. The molecule has 2 aromatic heterocycles. The van der Waals surface area contributed by atoms with E-state index in [1.807, 2.05) is 12.1 Å². The highest BCUT2D eigenvalue weighted by molar-refractivity contribution is 6.04. The molecule has 1 saturated heterocycles. The van der Waals surface area contributed by atoms with Gasteiger partial charge in [0.25, 0.3) is 11.2 Å². The van der Waals surface area contributed by atoms with Gasteiger partial charge in [0.05, 0.1) is 29.1 Å². The summed E-state index contributed by atoms with van der Waals surface area (Å²) >= 11 is 0. The summed E-state index contributed by atoms with van der Waals surface area (Å²) in [5.74, 6) is 1.55. The van der Waals surface area contributed by atoms with Gasteiger partial charge in [-0.25, -0.2) is 9.97 Å². The van der Waals surface area contributed by atoms with Crippen LogP contribution in [-0.4, -0.2) is 57.7 Å². The monoisotopic (exact) mass is 490 g/mol. The number of hydrogen-bond acceptors (Lipinski definition) is 9. The van der Waals surface area contributed by atoms with Crippen LogP contribution in [0.4, 0.5) is 17.3 Å². The van der Waals surface area contributed by atoms with E-state index >= 15 is 0 Å². The van der Waals surface area contributed by atoms with Gasteiger partial charge in [-0.05, 0) is 44.1 Å². The van der Waals surface area contributed by atoms with Gasteiger partial charge in [0.1, 0.15) is 12.1 Å². The highest BCUT2D eigenvalue weighted by Crippen LogP contribution is 2.32. The molecule has 0 unspecified atom stereocenters. The summed E-state index contributed by atoms with van der Waals surface area (Å²) in [4.78, 5) is 34.8. The van der Waals surface area contributed by atoms with E-state index in [0.717, 1.165) is 19.6 Å². The van der Waals surface area contributed by atoms with Crippen LogP contribution in [0, 0.1) is 10.1 Å². The Hall–Kier alpha value is -4.25. The Morgan fingerprint density at radius 2 is 1.92 bits per heavy atom. The molecule has 0 spiro atoms. The molecule has 0 atom stereocenters. The maximum Gasteiger partial charge on any atom is 0.270 e. The van der Waals surface area contributed by atoms with Crippen LogP contribution in [0.5, 0.6) is 11.5 Å². The number of nitro groups is 1. The number of nitrogens with one attached hydrogen (secondary N) is 1. The lowest BCUT2D eigenvalue weighted by atomic mass is 10.1. The first-order valence-corrected chi connectivity index (χ1v) is 11.7. The Bertz CT molecular complexity index is 1510. The summed E-state index contributed by atoms with van der Waals surface area (Å²) in [6.45, 7) is 3.71. The fourth-order valence-electron chi connectivity index (χ4n) is 4.48. The molecule has 0 radical (unpaired) electrons. The van der Waals surface area contributed by atoms with E-state index in [9.17, 15) is 14.9 Å². The summed E-state index contributed by atoms with van der Waals surface area (Å²) in [5.41, 5.74) is 1.22. The molecular formula is C25H26N6O5. The molecule has 36 heavy (non-hydrogen) atoms. The van der Waals surface area contributed by atoms with Gasteiger partial charge in [-0.2, -0.15) is 0 Å². The van der Waals surface area contributed by atoms with E-state index in [4.69, 9.17) is 9.47 Å². The summed E-state index contributed by atoms with van der Waals surface area (Å²) in [5, 5.41) is 15.1. The number of likely N-dealkylation sites (tertiary alicyclic amines) is 1. The second-order valence-electron chi connectivity index (χ2n) is 8.67. The smallest absolute Gasteiger partial charge is 0.270 e. The Morgan fingerprint density at radius 3 is 2.67 bits per heavy atom. The Kier molecular flexibility index (Phi) is 6.38. The van der Waals surface area contributed by atoms with Gasteiger partial charge in [0.2, 0.25) is 5.95 Å². The van der Waals surface area contributed by atoms with Crippen LogP contribution in [0.25, 0.3) is 21.8 Å². The van der Waals surface area contributed by atoms with Crippen molar-refractivity contribution in [3.05, 3.63) is 63.1 Å². The molecule has 11 heteroatoms. The molecule has 0 bridgehead atoms. The Balaban J connectivity index is 1.42. The number of nitrogens with zero attached hydrogens (tertiary/aromatic N) is 5. The maximum absolute atomic E-state index is 12.8. The maximum atomic E-state index is 12.8. The van der Waals surface area contributed by atoms with Gasteiger partial charge < -0.3 is 19.4 Å². The van der Waals surface area contributed by atoms with Crippen molar-refractivity contribution in [2.24, 2.45) is 7.05 Å². The predicted octanol–water partition coefficient (Wildman–Crippen LogP) is 3.62. The number of benzene rings is 2. The zero-order chi connectivity index (χ0) is 25.2. The average molecular weight is 491 g/mol. The number of hydrogen-bond donors (Lipinski definition) is 1. The van der Waals surface area contributed by atoms with Crippen LogP contribution in [0.3, 0.4) is 0 Å². The van der Waals surface area contributed by atoms with E-state index in [1.165, 1.54) is 29.5 Å². The molecule has 1 aliphatic rings. The van der Waals surface area contributed by atoms with Crippen molar-refractivity contribution in [2.75, 3.05) is 38.7 Å². The molecule has 1 aliphatic heterocycles. The number of ether oxygens (including phenoxy) is 2. The number of rotatable bonds is 8. The molecule has 0 aliphatic carbocycles. The molecule has 1 fully saturated rings. The molecule has 3 heterocycles. The summed E-state index contributed by atoms with van der Waals surface area (Å²) in [6, 6.07) is 9.68. The van der Waals surface area contributed by atoms with E-state index in [-0.39, 0.29) is 16.6 Å². The van der Waals surface area contributed by atoms with Gasteiger partial charge >= 0.3 is 0 Å². The topological polar surface area (TPSA) is 125 Å². The van der Waals surface area contributed by atoms with E-state index in [2.05, 4.69) is 20.2 Å². The molecule has 11 nitrogen and oxygen atoms in total. The number of methoxy groups -OCH3 is 1. The minimum atomic E-state index is -0.525. The molecule has 0 saturated carbocycles. The quantitative estimate of drug-likeness (QED) is 0.224. The van der Waals surface area contributed by atoms with Crippen molar-refractivity contribution in [3.8, 4) is 11.5 Å². The molecular weight excluding hydrogens is 464 g/mol. The first kappa shape index (κ1) is 23.5. The van der Waals surface area contributed by atoms with Crippen LogP contribution < -0.4 is 20.3 Å². The van der Waals surface area contributed by atoms with E-state index in [1.54, 1.807) is 32.5 Å². The number of non-ortho nitro benzene ring substituents is 1. The third-order valence-corrected chi connectivity index (χ3v) is 6.42. The van der Waals surface area contributed by atoms with Crippen LogP contribution >= 0.6 is 0 Å². The Morgan fingerprint density at radius 1 is 1.11 bits per heavy atom. The highest BCUT2D eigenvalue weighted by atomic mass is 16.6. The fourth-order valence-corrected chi connectivity index (χ4v) is 4.48. The van der Waals surface area contributed by atoms with Crippen molar-refractivity contribution >= 4 is 39.1 Å². The first-order valence-electron chi connectivity index (χ1n) is 11.7. The number of nitro benzene ring substituents is 1. The lowest BCUT2D eigenvalue weighted by molar-refractivity contribution is -0.384. The SMILES string of the molecule is COc1cc(Nc2ncc3c(n2)c2ccc([N+](=O)[O-])cc2c(=O)n3C)ccc1OCCN1CCCC1. The lowest BCUT2D eigenvalue weighted by Crippen LogP contribution is -2.25. The third kappa shape index (κ3) is 4.52. The van der Waals surface area contributed by atoms with Gasteiger partial charge in [-0.15, -0.1) is 0 Å². The van der Waals surface area contributed by atoms with Gasteiger partial charge in [-0.3, -0.25) is 19.8 Å². The standard InChI is InChI=1S/C25H26N6O5/c1-29-20-15-26-25(28-23(20)18-7-6-17(31(33)34)14-19(18)24(29)32)27-16-5-8-21(22(13-16)35-2)36-12-11-30-9-3-4-10-30/h5-8,13-15H,3-4,9-12H2,1-2H3,(H,26,27,28). The van der Waals surface area contributed by atoms with E-state index < -0.39 is 4.92 Å². The largest absolute Gasteiger partial charge is 0.493 e. The van der Waals surface area contributed by atoms with Crippen molar-refractivity contribution in [1.29, 1.82) is 0 Å². The van der Waals surface area contributed by atoms with Gasteiger partial charge in [0.15, 0.2) is 11.5 Å². The number of pyridine rings is 1. The second kappa shape index (κ2) is 9.78. The fraction of sp³-hybridized carbons (Fsp3) is 0.320. The highest BCUT2D eigenvalue weighted by Gasteiger charge is 2.16. The van der Waals surface area contributed by atoms with Gasteiger partial charge in [0, 0.05) is 42.9 Å².